The quantitative estimate of drug-likeness (QED) is 0.686. The van der Waals surface area contributed by atoms with E-state index < -0.39 is 41.9 Å². The lowest BCUT2D eigenvalue weighted by Crippen LogP contribution is -2.51. The second kappa shape index (κ2) is 5.54. The summed E-state index contributed by atoms with van der Waals surface area (Å²) in [5.41, 5.74) is -5.44. The van der Waals surface area contributed by atoms with Crippen LogP contribution in [0.4, 0.5) is 39.5 Å². The molecule has 1 aromatic carbocycles. The first-order chi connectivity index (χ1) is 9.68. The minimum absolute atomic E-state index is 0.124. The van der Waals surface area contributed by atoms with Crippen molar-refractivity contribution in [2.24, 2.45) is 5.41 Å². The predicted octanol–water partition coefficient (Wildman–Crippen LogP) is 5.22. The van der Waals surface area contributed by atoms with Gasteiger partial charge in [0.25, 0.3) is 0 Å². The third kappa shape index (κ3) is 3.77. The zero-order chi connectivity index (χ0) is 17.4. The number of alkyl halides is 9. The average Bonchev–Trinajstić information content (AvgIpc) is 2.32. The fourth-order valence-electron chi connectivity index (χ4n) is 1.31. The van der Waals surface area contributed by atoms with Crippen molar-refractivity contribution in [3.05, 3.63) is 29.8 Å². The van der Waals surface area contributed by atoms with Crippen molar-refractivity contribution in [2.45, 2.75) is 25.5 Å². The summed E-state index contributed by atoms with van der Waals surface area (Å²) >= 11 is 0. The van der Waals surface area contributed by atoms with Gasteiger partial charge in [0.1, 0.15) is 12.4 Å². The molecule has 0 saturated carbocycles. The minimum atomic E-state index is -5.67. The molecule has 0 aliphatic carbocycles. The summed E-state index contributed by atoms with van der Waals surface area (Å²) in [5.74, 6) is -0.741. The van der Waals surface area contributed by atoms with E-state index in [9.17, 15) is 39.5 Å². The van der Waals surface area contributed by atoms with Crippen LogP contribution in [0.25, 0.3) is 0 Å². The number of benzene rings is 1. The molecular weight excluding hydrogens is 331 g/mol. The molecule has 1 nitrogen and oxygen atoms in total. The SMILES string of the molecule is CC(COc1cccc(C(F)(F)F)c1)(C(F)(F)F)C(F)(F)F. The van der Waals surface area contributed by atoms with Crippen molar-refractivity contribution >= 4 is 0 Å². The normalized spacial score (nSPS) is 14.1. The highest BCUT2D eigenvalue weighted by Crippen LogP contribution is 2.50. The van der Waals surface area contributed by atoms with E-state index in [0.29, 0.717) is 12.1 Å². The van der Waals surface area contributed by atoms with Gasteiger partial charge in [-0.15, -0.1) is 0 Å². The van der Waals surface area contributed by atoms with E-state index in [1.807, 2.05) is 0 Å². The van der Waals surface area contributed by atoms with E-state index in [0.717, 1.165) is 12.1 Å². The Kier molecular flexibility index (Phi) is 4.65. The van der Waals surface area contributed by atoms with E-state index in [1.54, 1.807) is 0 Å². The molecule has 1 aromatic rings. The molecule has 0 saturated heterocycles. The lowest BCUT2D eigenvalue weighted by molar-refractivity contribution is -0.340. The molecule has 0 atom stereocenters. The van der Waals surface area contributed by atoms with Crippen LogP contribution in [0.15, 0.2) is 24.3 Å². The lowest BCUT2D eigenvalue weighted by atomic mass is 9.90. The maximum atomic E-state index is 12.6. The second-order valence-electron chi connectivity index (χ2n) is 4.64. The number of halogens is 9. The van der Waals surface area contributed by atoms with Crippen LogP contribution in [0.1, 0.15) is 12.5 Å². The largest absolute Gasteiger partial charge is 0.492 e. The Morgan fingerprint density at radius 2 is 1.36 bits per heavy atom. The van der Waals surface area contributed by atoms with Crippen LogP contribution < -0.4 is 4.74 Å². The second-order valence-corrected chi connectivity index (χ2v) is 4.64. The van der Waals surface area contributed by atoms with E-state index in [-0.39, 0.29) is 6.92 Å². The summed E-state index contributed by atoms with van der Waals surface area (Å²) in [5, 5.41) is 0. The van der Waals surface area contributed by atoms with Gasteiger partial charge < -0.3 is 4.74 Å². The summed E-state index contributed by atoms with van der Waals surface area (Å²) in [6.07, 6.45) is -16.1. The standard InChI is InChI=1S/C12H9F9O/c1-9(11(16,17)18,12(19,20)21)6-22-8-4-2-3-7(5-8)10(13,14)15/h2-5H,6H2,1H3. The smallest absolute Gasteiger partial charge is 0.416 e. The first kappa shape index (κ1) is 18.4. The summed E-state index contributed by atoms with van der Waals surface area (Å²) in [7, 11) is 0. The molecule has 0 heterocycles. The van der Waals surface area contributed by atoms with Crippen LogP contribution in [0.5, 0.6) is 5.75 Å². The molecule has 10 heteroatoms. The number of ether oxygens (including phenoxy) is 1. The zero-order valence-corrected chi connectivity index (χ0v) is 10.8. The summed E-state index contributed by atoms with van der Waals surface area (Å²) in [6.45, 7) is -2.01. The Labute approximate surface area is 118 Å². The van der Waals surface area contributed by atoms with Crippen molar-refractivity contribution in [1.29, 1.82) is 0 Å². The van der Waals surface area contributed by atoms with Gasteiger partial charge in [0.05, 0.1) is 5.56 Å². The van der Waals surface area contributed by atoms with Crippen molar-refractivity contribution in [1.82, 2.24) is 0 Å². The summed E-state index contributed by atoms with van der Waals surface area (Å²) < 4.78 is 117. The average molecular weight is 340 g/mol. The minimum Gasteiger partial charge on any atom is -0.492 e. The topological polar surface area (TPSA) is 9.23 Å². The molecule has 0 bridgehead atoms. The van der Waals surface area contributed by atoms with Gasteiger partial charge in [-0.05, 0) is 25.1 Å². The highest BCUT2D eigenvalue weighted by molar-refractivity contribution is 5.30. The molecule has 22 heavy (non-hydrogen) atoms. The number of hydrogen-bond donors (Lipinski definition) is 0. The van der Waals surface area contributed by atoms with Crippen LogP contribution >= 0.6 is 0 Å². The third-order valence-electron chi connectivity index (χ3n) is 2.94. The van der Waals surface area contributed by atoms with Crippen LogP contribution in [0, 0.1) is 5.41 Å². The lowest BCUT2D eigenvalue weighted by Gasteiger charge is -2.33. The Balaban J connectivity index is 3.01. The van der Waals surface area contributed by atoms with Gasteiger partial charge >= 0.3 is 18.5 Å². The van der Waals surface area contributed by atoms with Gasteiger partial charge in [-0.25, -0.2) is 0 Å². The maximum Gasteiger partial charge on any atom is 0.416 e. The Bertz CT molecular complexity index is 499. The molecule has 0 spiro atoms. The fraction of sp³-hybridized carbons (Fsp3) is 0.500. The predicted molar refractivity (Wildman–Crippen MR) is 57.2 cm³/mol. The van der Waals surface area contributed by atoms with Crippen molar-refractivity contribution in [2.75, 3.05) is 6.61 Å². The monoisotopic (exact) mass is 340 g/mol. The van der Waals surface area contributed by atoms with Crippen molar-refractivity contribution < 1.29 is 44.3 Å². The fourth-order valence-corrected chi connectivity index (χ4v) is 1.31. The molecule has 0 N–H and O–H groups in total. The van der Waals surface area contributed by atoms with Crippen molar-refractivity contribution in [3.63, 3.8) is 0 Å². The van der Waals surface area contributed by atoms with E-state index in [2.05, 4.69) is 4.74 Å². The molecule has 0 amide bonds. The molecule has 0 aliphatic heterocycles. The van der Waals surface area contributed by atoms with Crippen LogP contribution in [0.3, 0.4) is 0 Å². The van der Waals surface area contributed by atoms with E-state index >= 15 is 0 Å². The molecule has 0 aromatic heterocycles. The molecule has 0 fully saturated rings. The zero-order valence-electron chi connectivity index (χ0n) is 10.8. The molecule has 1 rings (SSSR count). The van der Waals surface area contributed by atoms with Crippen LogP contribution in [0.2, 0.25) is 0 Å². The molecule has 0 radical (unpaired) electrons. The van der Waals surface area contributed by atoms with Gasteiger partial charge in [-0.2, -0.15) is 39.5 Å². The van der Waals surface area contributed by atoms with E-state index in [4.69, 9.17) is 0 Å². The van der Waals surface area contributed by atoms with Gasteiger partial charge in [-0.3, -0.25) is 0 Å². The third-order valence-corrected chi connectivity index (χ3v) is 2.94. The molecule has 0 unspecified atom stereocenters. The highest BCUT2D eigenvalue weighted by atomic mass is 19.4. The number of hydrogen-bond acceptors (Lipinski definition) is 1. The first-order valence-electron chi connectivity index (χ1n) is 5.62. The Hall–Kier alpha value is -1.61. The van der Waals surface area contributed by atoms with Crippen molar-refractivity contribution in [3.8, 4) is 5.75 Å². The van der Waals surface area contributed by atoms with Gasteiger partial charge in [0.2, 0.25) is 0 Å². The van der Waals surface area contributed by atoms with Gasteiger partial charge in [0, 0.05) is 0 Å². The highest BCUT2D eigenvalue weighted by Gasteiger charge is 2.68. The van der Waals surface area contributed by atoms with Gasteiger partial charge in [0.15, 0.2) is 5.41 Å². The summed E-state index contributed by atoms with van der Waals surface area (Å²) in [6, 6.07) is 2.59. The summed E-state index contributed by atoms with van der Waals surface area (Å²) in [4.78, 5) is 0. The Morgan fingerprint density at radius 1 is 0.864 bits per heavy atom. The molecule has 0 aliphatic rings. The van der Waals surface area contributed by atoms with E-state index in [1.165, 1.54) is 0 Å². The molecular formula is C12H9F9O. The number of rotatable bonds is 3. The van der Waals surface area contributed by atoms with Crippen LogP contribution in [-0.2, 0) is 6.18 Å². The molecule has 126 valence electrons. The van der Waals surface area contributed by atoms with Gasteiger partial charge in [-0.1, -0.05) is 6.07 Å². The Morgan fingerprint density at radius 3 is 1.77 bits per heavy atom. The first-order valence-corrected chi connectivity index (χ1v) is 5.62. The maximum absolute atomic E-state index is 12.6. The van der Waals surface area contributed by atoms with Crippen LogP contribution in [-0.4, -0.2) is 19.0 Å².